The van der Waals surface area contributed by atoms with Crippen LogP contribution >= 0.6 is 0 Å². The fraction of sp³-hybridized carbons (Fsp3) is 0.955. The number of carbonyl (C=O) groups excluding carboxylic acids is 2. The second-order valence-electron chi connectivity index (χ2n) is 20.4. The molecule has 2 aliphatic heterocycles. The van der Waals surface area contributed by atoms with Crippen molar-refractivity contribution in [3.05, 3.63) is 0 Å². The monoisotopic (exact) mass is 714 g/mol. The normalized spacial score (nSPS) is 31.6. The van der Waals surface area contributed by atoms with Crippen molar-refractivity contribution in [3.8, 4) is 0 Å². The smallest absolute Gasteiger partial charge is 0.307 e. The predicted octanol–water partition coefficient (Wildman–Crippen LogP) is 9.50. The molecule has 0 bridgehead atoms. The SMILES string of the molecule is CC1(C)CC(OC(=O)CCN(CCC(=O)OC2CC(C)(C)NC(C)(C)C2CC2CCCCC2)C2CCCCC2)C(CC2CCCCC2)C(C)(C)N1. The van der Waals surface area contributed by atoms with E-state index in [0.717, 1.165) is 50.4 Å². The van der Waals surface area contributed by atoms with Crippen molar-refractivity contribution in [2.75, 3.05) is 13.1 Å². The van der Waals surface area contributed by atoms with Crippen molar-refractivity contribution in [1.82, 2.24) is 15.5 Å². The summed E-state index contributed by atoms with van der Waals surface area (Å²) < 4.78 is 13.0. The van der Waals surface area contributed by atoms with Gasteiger partial charge in [-0.1, -0.05) is 83.5 Å². The Balaban J connectivity index is 1.19. The van der Waals surface area contributed by atoms with Gasteiger partial charge in [0.1, 0.15) is 12.2 Å². The van der Waals surface area contributed by atoms with Crippen molar-refractivity contribution in [3.63, 3.8) is 0 Å². The third kappa shape index (κ3) is 11.9. The molecule has 0 spiro atoms. The highest BCUT2D eigenvalue weighted by Gasteiger charge is 2.49. The molecule has 2 heterocycles. The lowest BCUT2D eigenvalue weighted by Gasteiger charge is -2.52. The summed E-state index contributed by atoms with van der Waals surface area (Å²) in [5.41, 5.74) is -0.347. The molecule has 4 unspecified atom stereocenters. The Labute approximate surface area is 313 Å². The molecule has 0 aromatic heterocycles. The summed E-state index contributed by atoms with van der Waals surface area (Å²) >= 11 is 0. The summed E-state index contributed by atoms with van der Waals surface area (Å²) in [5, 5.41) is 7.82. The first-order chi connectivity index (χ1) is 24.0. The highest BCUT2D eigenvalue weighted by molar-refractivity contribution is 5.70. The topological polar surface area (TPSA) is 79.9 Å². The van der Waals surface area contributed by atoms with Gasteiger partial charge < -0.3 is 20.1 Å². The largest absolute Gasteiger partial charge is 0.462 e. The second kappa shape index (κ2) is 17.5. The summed E-state index contributed by atoms with van der Waals surface area (Å²) in [7, 11) is 0. The number of hydrogen-bond acceptors (Lipinski definition) is 7. The molecule has 3 aliphatic carbocycles. The van der Waals surface area contributed by atoms with Crippen LogP contribution in [-0.4, -0.2) is 70.3 Å². The van der Waals surface area contributed by atoms with E-state index in [-0.39, 0.29) is 46.3 Å². The van der Waals surface area contributed by atoms with Gasteiger partial charge >= 0.3 is 11.9 Å². The fourth-order valence-corrected chi connectivity index (χ4v) is 11.8. The molecule has 5 fully saturated rings. The number of nitrogens with one attached hydrogen (secondary N) is 2. The number of esters is 2. The van der Waals surface area contributed by atoms with Gasteiger partial charge in [-0.25, -0.2) is 0 Å². The van der Waals surface area contributed by atoms with E-state index in [2.05, 4.69) is 70.9 Å². The Morgan fingerprint density at radius 3 is 1.27 bits per heavy atom. The number of carbonyl (C=O) groups is 2. The summed E-state index contributed by atoms with van der Waals surface area (Å²) in [6, 6.07) is 0.422. The maximum atomic E-state index is 13.7. The number of hydrogen-bond donors (Lipinski definition) is 2. The van der Waals surface area contributed by atoms with Gasteiger partial charge in [0.25, 0.3) is 0 Å². The number of nitrogens with zero attached hydrogens (tertiary/aromatic N) is 1. The van der Waals surface area contributed by atoms with Crippen LogP contribution in [0.3, 0.4) is 0 Å². The molecule has 4 atom stereocenters. The van der Waals surface area contributed by atoms with Gasteiger partial charge in [-0.3, -0.25) is 14.5 Å². The summed E-state index contributed by atoms with van der Waals surface area (Å²) in [5.74, 6) is 1.95. The number of rotatable bonds is 13. The molecule has 0 radical (unpaired) electrons. The van der Waals surface area contributed by atoms with E-state index < -0.39 is 0 Å². The van der Waals surface area contributed by atoms with E-state index in [4.69, 9.17) is 9.47 Å². The molecule has 7 nitrogen and oxygen atoms in total. The van der Waals surface area contributed by atoms with Crippen LogP contribution in [0.1, 0.15) is 190 Å². The number of piperidine rings is 2. The van der Waals surface area contributed by atoms with Gasteiger partial charge in [0.05, 0.1) is 12.8 Å². The zero-order valence-electron chi connectivity index (χ0n) is 34.4. The van der Waals surface area contributed by atoms with Crippen molar-refractivity contribution in [2.45, 2.75) is 231 Å². The van der Waals surface area contributed by atoms with E-state index in [1.807, 2.05) is 0 Å². The van der Waals surface area contributed by atoms with Crippen molar-refractivity contribution < 1.29 is 19.1 Å². The zero-order valence-corrected chi connectivity index (χ0v) is 34.4. The highest BCUT2D eigenvalue weighted by Crippen LogP contribution is 2.43. The van der Waals surface area contributed by atoms with Crippen LogP contribution in [0.15, 0.2) is 0 Å². The van der Waals surface area contributed by atoms with Crippen LogP contribution in [-0.2, 0) is 19.1 Å². The Hall–Kier alpha value is -1.18. The highest BCUT2D eigenvalue weighted by atomic mass is 16.5. The minimum atomic E-state index is -0.0904. The zero-order chi connectivity index (χ0) is 36.9. The molecule has 2 saturated heterocycles. The lowest BCUT2D eigenvalue weighted by atomic mass is 9.67. The molecule has 7 heteroatoms. The first kappa shape index (κ1) is 41.0. The van der Waals surface area contributed by atoms with Crippen LogP contribution in [0.4, 0.5) is 0 Å². The summed E-state index contributed by atoms with van der Waals surface area (Å²) in [6.07, 6.45) is 23.9. The maximum absolute atomic E-state index is 13.7. The minimum Gasteiger partial charge on any atom is -0.462 e. The van der Waals surface area contributed by atoms with Crippen LogP contribution in [0, 0.1) is 23.7 Å². The molecule has 2 N–H and O–H groups in total. The minimum absolute atomic E-state index is 0.0659. The van der Waals surface area contributed by atoms with E-state index in [0.29, 0.717) is 43.8 Å². The fourth-order valence-electron chi connectivity index (χ4n) is 11.8. The molecule has 294 valence electrons. The lowest BCUT2D eigenvalue weighted by Crippen LogP contribution is -2.65. The first-order valence-corrected chi connectivity index (χ1v) is 21.7. The molecule has 0 aromatic carbocycles. The van der Waals surface area contributed by atoms with Gasteiger partial charge in [0.15, 0.2) is 0 Å². The molecule has 3 saturated carbocycles. The van der Waals surface area contributed by atoms with E-state index in [1.165, 1.54) is 83.5 Å². The molecule has 0 aromatic rings. The lowest BCUT2D eigenvalue weighted by molar-refractivity contribution is -0.160. The van der Waals surface area contributed by atoms with Crippen molar-refractivity contribution in [2.24, 2.45) is 23.7 Å². The average molecular weight is 714 g/mol. The van der Waals surface area contributed by atoms with Crippen LogP contribution < -0.4 is 10.6 Å². The first-order valence-electron chi connectivity index (χ1n) is 21.7. The van der Waals surface area contributed by atoms with Gasteiger partial charge in [0, 0.05) is 66.0 Å². The Bertz CT molecular complexity index is 1040. The third-order valence-electron chi connectivity index (χ3n) is 14.0. The molecule has 51 heavy (non-hydrogen) atoms. The van der Waals surface area contributed by atoms with Crippen LogP contribution in [0.25, 0.3) is 0 Å². The third-order valence-corrected chi connectivity index (χ3v) is 14.0. The standard InChI is InChI=1S/C44H79N3O4/c1-41(2)30-37(35(43(5,6)45-41)28-32-18-12-9-13-19-32)50-39(48)24-26-47(34-22-16-11-17-23-34)27-25-40(49)51-38-31-42(3,4)46-44(7,8)36(38)29-33-20-14-10-15-21-33/h32-38,45-46H,9-31H2,1-8H3. The van der Waals surface area contributed by atoms with Gasteiger partial charge in [-0.05, 0) is 92.9 Å². The summed E-state index contributed by atoms with van der Waals surface area (Å²) in [4.78, 5) is 29.9. The van der Waals surface area contributed by atoms with Crippen LogP contribution in [0.2, 0.25) is 0 Å². The molecular formula is C44H79N3O4. The Morgan fingerprint density at radius 1 is 0.549 bits per heavy atom. The Morgan fingerprint density at radius 2 is 0.902 bits per heavy atom. The van der Waals surface area contributed by atoms with E-state index >= 15 is 0 Å². The Kier molecular flexibility index (Phi) is 14.1. The van der Waals surface area contributed by atoms with Gasteiger partial charge in [0.2, 0.25) is 0 Å². The van der Waals surface area contributed by atoms with Crippen molar-refractivity contribution in [1.29, 1.82) is 0 Å². The molecule has 5 aliphatic rings. The van der Waals surface area contributed by atoms with Gasteiger partial charge in [-0.15, -0.1) is 0 Å². The quantitative estimate of drug-likeness (QED) is 0.184. The average Bonchev–Trinajstić information content (AvgIpc) is 3.04. The predicted molar refractivity (Wildman–Crippen MR) is 209 cm³/mol. The van der Waals surface area contributed by atoms with Gasteiger partial charge in [-0.2, -0.15) is 0 Å². The maximum Gasteiger partial charge on any atom is 0.307 e. The number of ether oxygens (including phenoxy) is 2. The second-order valence-corrected chi connectivity index (χ2v) is 20.4. The molecular weight excluding hydrogens is 635 g/mol. The van der Waals surface area contributed by atoms with E-state index in [9.17, 15) is 9.59 Å². The summed E-state index contributed by atoms with van der Waals surface area (Å²) in [6.45, 7) is 19.6. The molecule has 5 rings (SSSR count). The van der Waals surface area contributed by atoms with Crippen LogP contribution in [0.5, 0.6) is 0 Å². The van der Waals surface area contributed by atoms with E-state index in [1.54, 1.807) is 0 Å². The molecule has 0 amide bonds. The van der Waals surface area contributed by atoms with Crippen molar-refractivity contribution >= 4 is 11.9 Å².